The maximum atomic E-state index is 11.6. The molecule has 90 valence electrons. The summed E-state index contributed by atoms with van der Waals surface area (Å²) in [5, 5.41) is 13.8. The number of sulfonamides is 1. The first-order chi connectivity index (χ1) is 7.49. The molecule has 0 atom stereocenters. The van der Waals surface area contributed by atoms with E-state index in [1.807, 2.05) is 0 Å². The van der Waals surface area contributed by atoms with Crippen molar-refractivity contribution in [3.8, 4) is 0 Å². The van der Waals surface area contributed by atoms with Gasteiger partial charge in [-0.1, -0.05) is 0 Å². The van der Waals surface area contributed by atoms with Gasteiger partial charge in [0, 0.05) is 6.54 Å². The second-order valence-electron chi connectivity index (χ2n) is 2.96. The van der Waals surface area contributed by atoms with Crippen molar-refractivity contribution in [1.29, 1.82) is 0 Å². The Morgan fingerprint density at radius 1 is 1.62 bits per heavy atom. The summed E-state index contributed by atoms with van der Waals surface area (Å²) in [6.07, 6.45) is 1.41. The molecule has 0 unspecified atom stereocenters. The lowest BCUT2D eigenvalue weighted by molar-refractivity contribution is 0.0692. The minimum Gasteiger partial charge on any atom is -0.478 e. The van der Waals surface area contributed by atoms with E-state index in [1.165, 1.54) is 0 Å². The zero-order valence-corrected chi connectivity index (χ0v) is 9.12. The van der Waals surface area contributed by atoms with Crippen LogP contribution in [0.1, 0.15) is 16.8 Å². The molecular weight excluding hydrogens is 236 g/mol. The Morgan fingerprint density at radius 3 is 2.88 bits per heavy atom. The Bertz CT molecular complexity index is 466. The van der Waals surface area contributed by atoms with E-state index in [0.717, 1.165) is 6.20 Å². The number of nitrogens with one attached hydrogen (secondary N) is 2. The molecule has 5 N–H and O–H groups in total. The number of H-pyrrole nitrogens is 1. The van der Waals surface area contributed by atoms with Gasteiger partial charge in [-0.3, -0.25) is 5.10 Å². The van der Waals surface area contributed by atoms with E-state index in [4.69, 9.17) is 10.8 Å². The van der Waals surface area contributed by atoms with Crippen molar-refractivity contribution in [3.63, 3.8) is 0 Å². The van der Waals surface area contributed by atoms with Crippen molar-refractivity contribution >= 4 is 16.0 Å². The quantitative estimate of drug-likeness (QED) is 0.463. The van der Waals surface area contributed by atoms with Gasteiger partial charge in [0.25, 0.3) is 10.0 Å². The summed E-state index contributed by atoms with van der Waals surface area (Å²) in [6, 6.07) is 0. The maximum absolute atomic E-state index is 11.6. The number of hydrogen-bond acceptors (Lipinski definition) is 5. The topological polar surface area (TPSA) is 138 Å². The van der Waals surface area contributed by atoms with Gasteiger partial charge in [0.05, 0.1) is 6.20 Å². The second kappa shape index (κ2) is 5.05. The highest BCUT2D eigenvalue weighted by atomic mass is 32.2. The Morgan fingerprint density at radius 2 is 2.31 bits per heavy atom. The Labute approximate surface area is 91.9 Å². The van der Waals surface area contributed by atoms with Gasteiger partial charge in [-0.2, -0.15) is 5.10 Å². The van der Waals surface area contributed by atoms with Crippen LogP contribution >= 0.6 is 0 Å². The van der Waals surface area contributed by atoms with E-state index < -0.39 is 21.0 Å². The molecule has 1 rings (SSSR count). The Balaban J connectivity index is 2.90. The molecule has 1 heterocycles. The number of carboxylic acids is 1. The monoisotopic (exact) mass is 248 g/mol. The number of nitrogens with zero attached hydrogens (tertiary/aromatic N) is 1. The van der Waals surface area contributed by atoms with Crippen molar-refractivity contribution in [2.45, 2.75) is 11.4 Å². The van der Waals surface area contributed by atoms with E-state index >= 15 is 0 Å². The fraction of sp³-hybridized carbons (Fsp3) is 0.429. The van der Waals surface area contributed by atoms with Crippen LogP contribution in [0.4, 0.5) is 0 Å². The number of aromatic carboxylic acids is 1. The largest absolute Gasteiger partial charge is 0.478 e. The van der Waals surface area contributed by atoms with E-state index in [0.29, 0.717) is 13.0 Å². The van der Waals surface area contributed by atoms with E-state index in [9.17, 15) is 13.2 Å². The second-order valence-corrected chi connectivity index (χ2v) is 4.66. The van der Waals surface area contributed by atoms with E-state index in [1.54, 1.807) is 0 Å². The van der Waals surface area contributed by atoms with Crippen LogP contribution in [0.3, 0.4) is 0 Å². The van der Waals surface area contributed by atoms with Gasteiger partial charge in [0.15, 0.2) is 5.03 Å². The standard InChI is InChI=1S/C7H12N4O4S/c8-2-1-3-10-16(14,15)6-5(7(12)13)4-9-11-6/h4,10H,1-3,8H2,(H,9,11)(H,12,13). The van der Waals surface area contributed by atoms with Crippen LogP contribution in [-0.4, -0.2) is 42.8 Å². The van der Waals surface area contributed by atoms with Gasteiger partial charge in [0.1, 0.15) is 5.56 Å². The van der Waals surface area contributed by atoms with Gasteiger partial charge in [0.2, 0.25) is 0 Å². The molecule has 0 spiro atoms. The lowest BCUT2D eigenvalue weighted by Gasteiger charge is -2.04. The zero-order chi connectivity index (χ0) is 12.2. The van der Waals surface area contributed by atoms with Crippen molar-refractivity contribution in [2.75, 3.05) is 13.1 Å². The first-order valence-electron chi connectivity index (χ1n) is 4.45. The highest BCUT2D eigenvalue weighted by Crippen LogP contribution is 2.11. The van der Waals surface area contributed by atoms with Gasteiger partial charge in [-0.25, -0.2) is 17.9 Å². The van der Waals surface area contributed by atoms with Crippen LogP contribution in [0.25, 0.3) is 0 Å². The third-order valence-corrected chi connectivity index (χ3v) is 3.21. The lowest BCUT2D eigenvalue weighted by Crippen LogP contribution is -2.27. The third kappa shape index (κ3) is 2.78. The molecule has 0 saturated heterocycles. The average molecular weight is 248 g/mol. The minimum atomic E-state index is -3.87. The summed E-state index contributed by atoms with van der Waals surface area (Å²) >= 11 is 0. The number of aromatic amines is 1. The van der Waals surface area contributed by atoms with Gasteiger partial charge >= 0.3 is 5.97 Å². The molecule has 0 aliphatic carbocycles. The van der Waals surface area contributed by atoms with Crippen LogP contribution < -0.4 is 10.5 Å². The van der Waals surface area contributed by atoms with Crippen LogP contribution in [0.5, 0.6) is 0 Å². The van der Waals surface area contributed by atoms with Gasteiger partial charge in [-0.05, 0) is 13.0 Å². The van der Waals surface area contributed by atoms with Crippen LogP contribution in [0, 0.1) is 0 Å². The molecule has 0 aromatic carbocycles. The zero-order valence-electron chi connectivity index (χ0n) is 8.30. The minimum absolute atomic E-state index is 0.150. The molecule has 0 bridgehead atoms. The van der Waals surface area contributed by atoms with Crippen LogP contribution in [0.2, 0.25) is 0 Å². The summed E-state index contributed by atoms with van der Waals surface area (Å²) in [5.41, 5.74) is 4.82. The number of nitrogens with two attached hydrogens (primary N) is 1. The van der Waals surface area contributed by atoms with E-state index in [-0.39, 0.29) is 12.1 Å². The number of carboxylic acid groups (broad SMARTS) is 1. The van der Waals surface area contributed by atoms with Crippen molar-refractivity contribution in [3.05, 3.63) is 11.8 Å². The molecule has 0 aliphatic heterocycles. The summed E-state index contributed by atoms with van der Waals surface area (Å²) < 4.78 is 25.4. The molecule has 16 heavy (non-hydrogen) atoms. The summed E-state index contributed by atoms with van der Waals surface area (Å²) in [4.78, 5) is 10.7. The summed E-state index contributed by atoms with van der Waals surface area (Å²) in [6.45, 7) is 0.494. The number of carbonyl (C=O) groups is 1. The molecule has 0 radical (unpaired) electrons. The molecule has 1 aromatic heterocycles. The first-order valence-corrected chi connectivity index (χ1v) is 5.93. The molecule has 0 saturated carbocycles. The third-order valence-electron chi connectivity index (χ3n) is 1.78. The Hall–Kier alpha value is -1.45. The molecular formula is C7H12N4O4S. The smallest absolute Gasteiger partial charge is 0.340 e. The normalized spacial score (nSPS) is 11.6. The van der Waals surface area contributed by atoms with Crippen molar-refractivity contribution in [1.82, 2.24) is 14.9 Å². The maximum Gasteiger partial charge on any atom is 0.340 e. The highest BCUT2D eigenvalue weighted by molar-refractivity contribution is 7.89. The SMILES string of the molecule is NCCCNS(=O)(=O)c1[nH]ncc1C(=O)O. The molecule has 8 nitrogen and oxygen atoms in total. The first kappa shape index (κ1) is 12.6. The molecule has 0 fully saturated rings. The number of hydrogen-bond donors (Lipinski definition) is 4. The lowest BCUT2D eigenvalue weighted by atomic mass is 10.4. The molecule has 9 heteroatoms. The number of aromatic nitrogens is 2. The predicted molar refractivity (Wildman–Crippen MR) is 54.4 cm³/mol. The molecule has 0 aliphatic rings. The van der Waals surface area contributed by atoms with Gasteiger partial charge < -0.3 is 10.8 Å². The summed E-state index contributed by atoms with van der Waals surface area (Å²) in [7, 11) is -3.87. The average Bonchev–Trinajstić information content (AvgIpc) is 2.66. The van der Waals surface area contributed by atoms with Crippen molar-refractivity contribution in [2.24, 2.45) is 5.73 Å². The molecule has 0 amide bonds. The number of rotatable bonds is 6. The van der Waals surface area contributed by atoms with Crippen LogP contribution in [0.15, 0.2) is 11.2 Å². The van der Waals surface area contributed by atoms with Crippen molar-refractivity contribution < 1.29 is 18.3 Å². The van der Waals surface area contributed by atoms with Gasteiger partial charge in [-0.15, -0.1) is 0 Å². The fourth-order valence-corrected chi connectivity index (χ4v) is 2.17. The fourth-order valence-electron chi connectivity index (χ4n) is 1.01. The Kier molecular flexibility index (Phi) is 3.99. The summed E-state index contributed by atoms with van der Waals surface area (Å²) in [5.74, 6) is -1.35. The van der Waals surface area contributed by atoms with Crippen LogP contribution in [-0.2, 0) is 10.0 Å². The van der Waals surface area contributed by atoms with E-state index in [2.05, 4.69) is 14.9 Å². The highest BCUT2D eigenvalue weighted by Gasteiger charge is 2.23. The predicted octanol–water partition coefficient (Wildman–Crippen LogP) is -1.26. The molecule has 1 aromatic rings.